The Morgan fingerprint density at radius 1 is 1.20 bits per heavy atom. The van der Waals surface area contributed by atoms with Crippen molar-refractivity contribution in [3.63, 3.8) is 0 Å². The standard InChI is InChI=1S/C17H19FO2/c1-3-16(19)15-6-4-5-7-17(15)20-11-13-8-9-14(18)10-12(13)2/h4-10,16,19H,3,11H2,1-2H3/t16-/m0/s1. The molecule has 3 heteroatoms. The Labute approximate surface area is 118 Å². The highest BCUT2D eigenvalue weighted by Crippen LogP contribution is 2.27. The number of aliphatic hydroxyl groups excluding tert-OH is 1. The molecular weight excluding hydrogens is 255 g/mol. The number of rotatable bonds is 5. The van der Waals surface area contributed by atoms with Crippen molar-refractivity contribution in [1.29, 1.82) is 0 Å². The molecule has 0 aliphatic rings. The number of ether oxygens (including phenoxy) is 1. The summed E-state index contributed by atoms with van der Waals surface area (Å²) in [5, 5.41) is 9.97. The molecule has 0 bridgehead atoms. The smallest absolute Gasteiger partial charge is 0.125 e. The summed E-state index contributed by atoms with van der Waals surface area (Å²) in [6.45, 7) is 4.14. The molecule has 1 N–H and O–H groups in total. The second-order valence-corrected chi connectivity index (χ2v) is 4.82. The highest BCUT2D eigenvalue weighted by atomic mass is 19.1. The maximum atomic E-state index is 13.1. The van der Waals surface area contributed by atoms with Crippen LogP contribution in [0, 0.1) is 12.7 Å². The van der Waals surface area contributed by atoms with E-state index in [1.54, 1.807) is 6.07 Å². The van der Waals surface area contributed by atoms with Crippen molar-refractivity contribution in [2.75, 3.05) is 0 Å². The highest BCUT2D eigenvalue weighted by Gasteiger charge is 2.11. The zero-order valence-corrected chi connectivity index (χ0v) is 11.8. The van der Waals surface area contributed by atoms with Gasteiger partial charge in [0.05, 0.1) is 6.10 Å². The molecule has 0 aliphatic carbocycles. The first-order chi connectivity index (χ1) is 9.61. The molecule has 1 atom stereocenters. The Morgan fingerprint density at radius 2 is 1.95 bits per heavy atom. The summed E-state index contributed by atoms with van der Waals surface area (Å²) in [4.78, 5) is 0. The van der Waals surface area contributed by atoms with Crippen molar-refractivity contribution in [2.24, 2.45) is 0 Å². The van der Waals surface area contributed by atoms with E-state index in [1.165, 1.54) is 12.1 Å². The topological polar surface area (TPSA) is 29.5 Å². The fourth-order valence-corrected chi connectivity index (χ4v) is 2.08. The van der Waals surface area contributed by atoms with Gasteiger partial charge in [0.25, 0.3) is 0 Å². The molecule has 2 aromatic rings. The lowest BCUT2D eigenvalue weighted by Crippen LogP contribution is -2.03. The molecular formula is C17H19FO2. The zero-order chi connectivity index (χ0) is 14.5. The molecule has 2 nitrogen and oxygen atoms in total. The number of halogens is 1. The summed E-state index contributed by atoms with van der Waals surface area (Å²) in [5.41, 5.74) is 2.58. The SMILES string of the molecule is CC[C@H](O)c1ccccc1OCc1ccc(F)cc1C. The summed E-state index contributed by atoms with van der Waals surface area (Å²) in [5.74, 6) is 0.429. The van der Waals surface area contributed by atoms with Crippen molar-refractivity contribution >= 4 is 0 Å². The third-order valence-electron chi connectivity index (χ3n) is 3.35. The van der Waals surface area contributed by atoms with E-state index in [0.29, 0.717) is 18.8 Å². The molecule has 0 saturated heterocycles. The summed E-state index contributed by atoms with van der Waals surface area (Å²) in [6.07, 6.45) is 0.108. The van der Waals surface area contributed by atoms with E-state index in [0.717, 1.165) is 16.7 Å². The van der Waals surface area contributed by atoms with Gasteiger partial charge in [-0.1, -0.05) is 31.2 Å². The summed E-state index contributed by atoms with van der Waals surface area (Å²) >= 11 is 0. The van der Waals surface area contributed by atoms with E-state index >= 15 is 0 Å². The molecule has 2 rings (SSSR count). The van der Waals surface area contributed by atoms with Gasteiger partial charge in [0.15, 0.2) is 0 Å². The Hall–Kier alpha value is -1.87. The van der Waals surface area contributed by atoms with Gasteiger partial charge in [-0.05, 0) is 42.7 Å². The lowest BCUT2D eigenvalue weighted by Gasteiger charge is -2.15. The first kappa shape index (κ1) is 14.5. The maximum Gasteiger partial charge on any atom is 0.125 e. The van der Waals surface area contributed by atoms with Crippen LogP contribution >= 0.6 is 0 Å². The van der Waals surface area contributed by atoms with Crippen LogP contribution in [0.1, 0.15) is 36.1 Å². The molecule has 0 aromatic heterocycles. The van der Waals surface area contributed by atoms with Gasteiger partial charge in [-0.2, -0.15) is 0 Å². The Kier molecular flexibility index (Phi) is 4.74. The summed E-state index contributed by atoms with van der Waals surface area (Å²) in [7, 11) is 0. The molecule has 0 fully saturated rings. The van der Waals surface area contributed by atoms with Crippen LogP contribution in [0.25, 0.3) is 0 Å². The lowest BCUT2D eigenvalue weighted by molar-refractivity contribution is 0.166. The molecule has 0 radical (unpaired) electrons. The minimum Gasteiger partial charge on any atom is -0.489 e. The number of benzene rings is 2. The first-order valence-corrected chi connectivity index (χ1v) is 6.76. The molecule has 0 aliphatic heterocycles. The highest BCUT2D eigenvalue weighted by molar-refractivity contribution is 5.35. The third kappa shape index (κ3) is 3.36. The van der Waals surface area contributed by atoms with Crippen LogP contribution in [0.4, 0.5) is 4.39 Å². The second-order valence-electron chi connectivity index (χ2n) is 4.82. The first-order valence-electron chi connectivity index (χ1n) is 6.76. The molecule has 2 aromatic carbocycles. The van der Waals surface area contributed by atoms with Crippen LogP contribution < -0.4 is 4.74 Å². The summed E-state index contributed by atoms with van der Waals surface area (Å²) < 4.78 is 18.8. The van der Waals surface area contributed by atoms with Crippen molar-refractivity contribution < 1.29 is 14.2 Å². The van der Waals surface area contributed by atoms with Crippen LogP contribution in [0.15, 0.2) is 42.5 Å². The van der Waals surface area contributed by atoms with Crippen molar-refractivity contribution in [3.05, 3.63) is 65.0 Å². The normalized spacial score (nSPS) is 12.2. The van der Waals surface area contributed by atoms with Gasteiger partial charge in [0, 0.05) is 5.56 Å². The average molecular weight is 274 g/mol. The fraction of sp³-hybridized carbons (Fsp3) is 0.294. The Bertz CT molecular complexity index is 581. The predicted octanol–water partition coefficient (Wildman–Crippen LogP) is 4.16. The van der Waals surface area contributed by atoms with Gasteiger partial charge in [0.1, 0.15) is 18.2 Å². The summed E-state index contributed by atoms with van der Waals surface area (Å²) in [6, 6.07) is 12.1. The van der Waals surface area contributed by atoms with E-state index < -0.39 is 6.10 Å². The van der Waals surface area contributed by atoms with E-state index in [1.807, 2.05) is 38.1 Å². The molecule has 0 saturated carbocycles. The van der Waals surface area contributed by atoms with Crippen LogP contribution in [-0.2, 0) is 6.61 Å². The van der Waals surface area contributed by atoms with E-state index in [2.05, 4.69) is 0 Å². The molecule has 20 heavy (non-hydrogen) atoms. The quantitative estimate of drug-likeness (QED) is 0.887. The van der Waals surface area contributed by atoms with Crippen molar-refractivity contribution in [3.8, 4) is 5.75 Å². The number of aryl methyl sites for hydroxylation is 1. The zero-order valence-electron chi connectivity index (χ0n) is 11.8. The van der Waals surface area contributed by atoms with Crippen molar-refractivity contribution in [1.82, 2.24) is 0 Å². The largest absolute Gasteiger partial charge is 0.489 e. The minimum absolute atomic E-state index is 0.243. The number of aliphatic hydroxyl groups is 1. The van der Waals surface area contributed by atoms with Crippen molar-refractivity contribution in [2.45, 2.75) is 33.0 Å². The number of hydrogen-bond acceptors (Lipinski definition) is 2. The van der Waals surface area contributed by atoms with E-state index in [9.17, 15) is 9.50 Å². The van der Waals surface area contributed by atoms with Crippen LogP contribution in [0.2, 0.25) is 0 Å². The molecule has 0 heterocycles. The Morgan fingerprint density at radius 3 is 2.65 bits per heavy atom. The third-order valence-corrected chi connectivity index (χ3v) is 3.35. The van der Waals surface area contributed by atoms with Gasteiger partial charge >= 0.3 is 0 Å². The fourth-order valence-electron chi connectivity index (χ4n) is 2.08. The molecule has 0 unspecified atom stereocenters. The Balaban J connectivity index is 2.15. The number of para-hydroxylation sites is 1. The van der Waals surface area contributed by atoms with Crippen LogP contribution in [-0.4, -0.2) is 5.11 Å². The molecule has 0 spiro atoms. The van der Waals surface area contributed by atoms with Gasteiger partial charge < -0.3 is 9.84 Å². The van der Waals surface area contributed by atoms with E-state index in [4.69, 9.17) is 4.74 Å². The van der Waals surface area contributed by atoms with Crippen LogP contribution in [0.3, 0.4) is 0 Å². The number of hydrogen-bond donors (Lipinski definition) is 1. The van der Waals surface area contributed by atoms with Gasteiger partial charge in [-0.25, -0.2) is 4.39 Å². The predicted molar refractivity (Wildman–Crippen MR) is 77.2 cm³/mol. The van der Waals surface area contributed by atoms with E-state index in [-0.39, 0.29) is 5.82 Å². The lowest BCUT2D eigenvalue weighted by atomic mass is 10.1. The second kappa shape index (κ2) is 6.53. The maximum absolute atomic E-state index is 13.1. The molecule has 106 valence electrons. The monoisotopic (exact) mass is 274 g/mol. The average Bonchev–Trinajstić information content (AvgIpc) is 2.46. The van der Waals surface area contributed by atoms with Crippen LogP contribution in [0.5, 0.6) is 5.75 Å². The van der Waals surface area contributed by atoms with Gasteiger partial charge in [-0.15, -0.1) is 0 Å². The van der Waals surface area contributed by atoms with Gasteiger partial charge in [-0.3, -0.25) is 0 Å². The van der Waals surface area contributed by atoms with Gasteiger partial charge in [0.2, 0.25) is 0 Å². The molecule has 0 amide bonds. The minimum atomic E-state index is -0.527.